The van der Waals surface area contributed by atoms with E-state index in [1.165, 1.54) is 5.56 Å². The number of aromatic nitrogens is 3. The second-order valence-electron chi connectivity index (χ2n) is 5.77. The second kappa shape index (κ2) is 6.59. The van der Waals surface area contributed by atoms with E-state index < -0.39 is 0 Å². The average Bonchev–Trinajstić information content (AvgIpc) is 2.70. The van der Waals surface area contributed by atoms with Crippen molar-refractivity contribution in [3.05, 3.63) is 96.6 Å². The Morgan fingerprint density at radius 1 is 0.792 bits per heavy atom. The van der Waals surface area contributed by atoms with E-state index >= 15 is 0 Å². The fraction of sp³-hybridized carbons (Fsp3) is 0.0952. The molecule has 2 aromatic carbocycles. The highest BCUT2D eigenvalue weighted by atomic mass is 15.0. The highest BCUT2D eigenvalue weighted by molar-refractivity contribution is 5.72. The monoisotopic (exact) mass is 311 g/mol. The van der Waals surface area contributed by atoms with E-state index in [2.05, 4.69) is 57.4 Å². The Kier molecular flexibility index (Phi) is 3.98. The predicted octanol–water partition coefficient (Wildman–Crippen LogP) is 4.67. The summed E-state index contributed by atoms with van der Waals surface area (Å²) < 4.78 is 0. The maximum atomic E-state index is 4.62. The molecule has 0 spiro atoms. The Balaban J connectivity index is 1.58. The molecular formula is C21H17N3. The van der Waals surface area contributed by atoms with Crippen molar-refractivity contribution in [3.8, 4) is 11.4 Å². The fourth-order valence-corrected chi connectivity index (χ4v) is 2.90. The summed E-state index contributed by atoms with van der Waals surface area (Å²) in [6.45, 7) is 0. The van der Waals surface area contributed by atoms with Gasteiger partial charge in [0.15, 0.2) is 11.6 Å². The molecule has 4 rings (SSSR count). The Hall–Kier alpha value is -3.07. The van der Waals surface area contributed by atoms with E-state index in [1.807, 2.05) is 36.4 Å². The van der Waals surface area contributed by atoms with Gasteiger partial charge in [-0.25, -0.2) is 15.0 Å². The van der Waals surface area contributed by atoms with Crippen molar-refractivity contribution in [2.45, 2.75) is 12.3 Å². The minimum Gasteiger partial charge on any atom is -0.217 e. The first-order valence-electron chi connectivity index (χ1n) is 8.08. The van der Waals surface area contributed by atoms with E-state index in [4.69, 9.17) is 0 Å². The van der Waals surface area contributed by atoms with E-state index in [9.17, 15) is 0 Å². The van der Waals surface area contributed by atoms with Gasteiger partial charge in [-0.3, -0.25) is 0 Å². The summed E-state index contributed by atoms with van der Waals surface area (Å²) in [7, 11) is 0. The summed E-state index contributed by atoms with van der Waals surface area (Å²) in [6.07, 6.45) is 9.11. The summed E-state index contributed by atoms with van der Waals surface area (Å²) in [5.41, 5.74) is 3.40. The van der Waals surface area contributed by atoms with Crippen molar-refractivity contribution in [3.63, 3.8) is 0 Å². The van der Waals surface area contributed by atoms with Gasteiger partial charge in [0.05, 0.1) is 0 Å². The zero-order chi connectivity index (χ0) is 16.2. The average molecular weight is 311 g/mol. The molecule has 1 aromatic heterocycles. The summed E-state index contributed by atoms with van der Waals surface area (Å²) in [5, 5.41) is 0. The van der Waals surface area contributed by atoms with Crippen molar-refractivity contribution < 1.29 is 0 Å². The van der Waals surface area contributed by atoms with Gasteiger partial charge in [0, 0.05) is 17.1 Å². The van der Waals surface area contributed by atoms with Crippen LogP contribution in [0.2, 0.25) is 0 Å². The number of allylic oxidation sites excluding steroid dienone is 4. The van der Waals surface area contributed by atoms with Crippen LogP contribution in [0.4, 0.5) is 0 Å². The van der Waals surface area contributed by atoms with Crippen LogP contribution >= 0.6 is 0 Å². The molecule has 116 valence electrons. The summed E-state index contributed by atoms with van der Waals surface area (Å²) in [4.78, 5) is 13.3. The Morgan fingerprint density at radius 3 is 2.21 bits per heavy atom. The molecule has 0 aliphatic heterocycles. The molecule has 1 atom stereocenters. The van der Waals surface area contributed by atoms with Crippen molar-refractivity contribution in [1.82, 2.24) is 15.0 Å². The summed E-state index contributed by atoms with van der Waals surface area (Å²) in [6, 6.07) is 20.5. The van der Waals surface area contributed by atoms with Gasteiger partial charge < -0.3 is 0 Å². The standard InChI is InChI=1S/C21H17N3/c1-3-7-16(8-4-1)17-11-13-19(14-12-17)21-23-15-22-20(24-21)18-9-5-2-6-10-18/h1-11,13-15,17H,12H2. The van der Waals surface area contributed by atoms with Crippen LogP contribution in [0.5, 0.6) is 0 Å². The SMILES string of the molecule is C1=CC(c2ccccc2)CC=C1c1ncnc(-c2ccccc2)n1. The van der Waals surface area contributed by atoms with Crippen LogP contribution < -0.4 is 0 Å². The molecule has 1 aliphatic carbocycles. The first kappa shape index (κ1) is 14.5. The molecule has 3 heteroatoms. The molecule has 1 unspecified atom stereocenters. The van der Waals surface area contributed by atoms with Gasteiger partial charge in [0.1, 0.15) is 6.33 Å². The molecular weight excluding hydrogens is 294 g/mol. The predicted molar refractivity (Wildman–Crippen MR) is 96.2 cm³/mol. The highest BCUT2D eigenvalue weighted by Crippen LogP contribution is 2.29. The minimum absolute atomic E-state index is 0.422. The van der Waals surface area contributed by atoms with Crippen molar-refractivity contribution in [2.75, 3.05) is 0 Å². The number of hydrogen-bond donors (Lipinski definition) is 0. The third-order valence-electron chi connectivity index (χ3n) is 4.19. The first-order chi connectivity index (χ1) is 11.9. The van der Waals surface area contributed by atoms with Crippen molar-refractivity contribution >= 4 is 5.57 Å². The summed E-state index contributed by atoms with van der Waals surface area (Å²) in [5.74, 6) is 1.86. The Morgan fingerprint density at radius 2 is 1.50 bits per heavy atom. The molecule has 1 aliphatic rings. The molecule has 0 fully saturated rings. The van der Waals surface area contributed by atoms with Crippen LogP contribution in [-0.4, -0.2) is 15.0 Å². The van der Waals surface area contributed by atoms with Gasteiger partial charge in [-0.05, 0) is 12.0 Å². The molecule has 0 radical (unpaired) electrons. The zero-order valence-corrected chi connectivity index (χ0v) is 13.2. The third kappa shape index (κ3) is 3.01. The lowest BCUT2D eigenvalue weighted by atomic mass is 9.90. The maximum Gasteiger partial charge on any atom is 0.163 e. The number of benzene rings is 2. The fourth-order valence-electron chi connectivity index (χ4n) is 2.90. The molecule has 0 N–H and O–H groups in total. The number of rotatable bonds is 3. The van der Waals surface area contributed by atoms with Gasteiger partial charge in [-0.2, -0.15) is 0 Å². The lowest BCUT2D eigenvalue weighted by Gasteiger charge is -2.16. The third-order valence-corrected chi connectivity index (χ3v) is 4.19. The van der Waals surface area contributed by atoms with Gasteiger partial charge in [0.25, 0.3) is 0 Å². The van der Waals surface area contributed by atoms with Crippen LogP contribution in [0.15, 0.2) is 85.2 Å². The smallest absolute Gasteiger partial charge is 0.163 e. The maximum absolute atomic E-state index is 4.62. The van der Waals surface area contributed by atoms with E-state index in [0.717, 1.165) is 23.4 Å². The first-order valence-corrected chi connectivity index (χ1v) is 8.08. The molecule has 0 saturated carbocycles. The van der Waals surface area contributed by atoms with Crippen molar-refractivity contribution in [1.29, 1.82) is 0 Å². The lowest BCUT2D eigenvalue weighted by molar-refractivity contribution is 0.853. The lowest BCUT2D eigenvalue weighted by Crippen LogP contribution is -2.02. The van der Waals surface area contributed by atoms with E-state index in [-0.39, 0.29) is 0 Å². The van der Waals surface area contributed by atoms with Gasteiger partial charge in [0.2, 0.25) is 0 Å². The van der Waals surface area contributed by atoms with Crippen LogP contribution in [0, 0.1) is 0 Å². The minimum atomic E-state index is 0.422. The Labute approximate surface area is 141 Å². The van der Waals surface area contributed by atoms with E-state index in [1.54, 1.807) is 6.33 Å². The van der Waals surface area contributed by atoms with Crippen LogP contribution in [0.1, 0.15) is 23.7 Å². The van der Waals surface area contributed by atoms with Crippen LogP contribution in [0.25, 0.3) is 17.0 Å². The number of nitrogens with zero attached hydrogens (tertiary/aromatic N) is 3. The molecule has 3 nitrogen and oxygen atoms in total. The largest absolute Gasteiger partial charge is 0.217 e. The van der Waals surface area contributed by atoms with Crippen LogP contribution in [0.3, 0.4) is 0 Å². The van der Waals surface area contributed by atoms with Crippen LogP contribution in [-0.2, 0) is 0 Å². The van der Waals surface area contributed by atoms with Gasteiger partial charge >= 0.3 is 0 Å². The second-order valence-corrected chi connectivity index (χ2v) is 5.77. The molecule has 3 aromatic rings. The van der Waals surface area contributed by atoms with Crippen molar-refractivity contribution in [2.24, 2.45) is 0 Å². The molecule has 1 heterocycles. The van der Waals surface area contributed by atoms with Gasteiger partial charge in [-0.1, -0.05) is 78.9 Å². The van der Waals surface area contributed by atoms with E-state index in [0.29, 0.717) is 11.7 Å². The quantitative estimate of drug-likeness (QED) is 0.706. The van der Waals surface area contributed by atoms with Gasteiger partial charge in [-0.15, -0.1) is 0 Å². The molecule has 24 heavy (non-hydrogen) atoms. The normalized spacial score (nSPS) is 16.7. The Bertz CT molecular complexity index is 883. The topological polar surface area (TPSA) is 38.7 Å². The number of hydrogen-bond acceptors (Lipinski definition) is 3. The molecule has 0 bridgehead atoms. The highest BCUT2D eigenvalue weighted by Gasteiger charge is 2.13. The molecule has 0 amide bonds. The molecule has 0 saturated heterocycles. The summed E-state index contributed by atoms with van der Waals surface area (Å²) >= 11 is 0. The zero-order valence-electron chi connectivity index (χ0n) is 13.2.